The van der Waals surface area contributed by atoms with E-state index in [1.54, 1.807) is 30.0 Å². The molecule has 0 radical (unpaired) electrons. The predicted molar refractivity (Wildman–Crippen MR) is 69.4 cm³/mol. The Morgan fingerprint density at radius 3 is 2.89 bits per heavy atom. The minimum Gasteiger partial charge on any atom is -0.484 e. The second kappa shape index (κ2) is 4.30. The van der Waals surface area contributed by atoms with Crippen LogP contribution in [0.3, 0.4) is 0 Å². The van der Waals surface area contributed by atoms with Crippen LogP contribution in [0.2, 0.25) is 0 Å². The van der Waals surface area contributed by atoms with Gasteiger partial charge >= 0.3 is 6.18 Å². The van der Waals surface area contributed by atoms with Crippen molar-refractivity contribution in [3.63, 3.8) is 0 Å². The fraction of sp³-hybridized carbons (Fsp3) is 0.308. The van der Waals surface area contributed by atoms with Gasteiger partial charge in [-0.15, -0.1) is 0 Å². The standard InChI is InChI=1S/C13H10F3NOS/c1-7-17-12-10-3-2-9(18-6-13(14,15)16)4-8(10)5-11(12)19-7/h2-5,12H,6H2,1H3. The van der Waals surface area contributed by atoms with Gasteiger partial charge in [-0.05, 0) is 36.3 Å². The number of fused-ring (bicyclic) bond motifs is 3. The maximum Gasteiger partial charge on any atom is 0.422 e. The van der Waals surface area contributed by atoms with E-state index in [9.17, 15) is 13.2 Å². The highest BCUT2D eigenvalue weighted by molar-refractivity contribution is 8.17. The highest BCUT2D eigenvalue weighted by atomic mass is 32.2. The lowest BCUT2D eigenvalue weighted by Crippen LogP contribution is -2.19. The average molecular weight is 285 g/mol. The lowest BCUT2D eigenvalue weighted by atomic mass is 10.1. The van der Waals surface area contributed by atoms with Gasteiger partial charge in [0.15, 0.2) is 6.61 Å². The van der Waals surface area contributed by atoms with Crippen LogP contribution in [0, 0.1) is 0 Å². The fourth-order valence-electron chi connectivity index (χ4n) is 2.16. The number of thioether (sulfide) groups is 1. The van der Waals surface area contributed by atoms with Gasteiger partial charge in [-0.3, -0.25) is 4.99 Å². The van der Waals surface area contributed by atoms with E-state index >= 15 is 0 Å². The number of hydrogen-bond donors (Lipinski definition) is 0. The van der Waals surface area contributed by atoms with Crippen LogP contribution < -0.4 is 4.74 Å². The summed E-state index contributed by atoms with van der Waals surface area (Å²) in [5.41, 5.74) is 1.92. The molecular weight excluding hydrogens is 275 g/mol. The Hall–Kier alpha value is -1.43. The molecule has 0 spiro atoms. The second-order valence-corrected chi connectivity index (χ2v) is 5.66. The largest absolute Gasteiger partial charge is 0.484 e. The van der Waals surface area contributed by atoms with Crippen LogP contribution in [0.1, 0.15) is 24.1 Å². The van der Waals surface area contributed by atoms with Crippen LogP contribution in [0.4, 0.5) is 13.2 Å². The lowest BCUT2D eigenvalue weighted by Gasteiger charge is -2.11. The molecule has 6 heteroatoms. The first-order valence-electron chi connectivity index (χ1n) is 5.70. The lowest BCUT2D eigenvalue weighted by molar-refractivity contribution is -0.153. The van der Waals surface area contributed by atoms with E-state index in [0.717, 1.165) is 21.1 Å². The third kappa shape index (κ3) is 2.49. The molecule has 19 heavy (non-hydrogen) atoms. The normalized spacial score (nSPS) is 20.7. The van der Waals surface area contributed by atoms with E-state index < -0.39 is 12.8 Å². The Morgan fingerprint density at radius 2 is 2.16 bits per heavy atom. The summed E-state index contributed by atoms with van der Waals surface area (Å²) in [6.45, 7) is 0.683. The molecule has 0 saturated carbocycles. The van der Waals surface area contributed by atoms with Gasteiger partial charge in [0.25, 0.3) is 0 Å². The minimum atomic E-state index is -4.31. The number of halogens is 3. The Morgan fingerprint density at radius 1 is 1.37 bits per heavy atom. The average Bonchev–Trinajstić information content (AvgIpc) is 2.80. The highest BCUT2D eigenvalue weighted by Crippen LogP contribution is 2.48. The van der Waals surface area contributed by atoms with Gasteiger partial charge < -0.3 is 4.74 Å². The number of alkyl halides is 3. The summed E-state index contributed by atoms with van der Waals surface area (Å²) in [6.07, 6.45) is -2.35. The molecule has 0 amide bonds. The van der Waals surface area contributed by atoms with Crippen molar-refractivity contribution in [2.45, 2.75) is 19.1 Å². The zero-order valence-electron chi connectivity index (χ0n) is 9.99. The summed E-state index contributed by atoms with van der Waals surface area (Å²) in [6, 6.07) is 5.02. The van der Waals surface area contributed by atoms with Gasteiger partial charge in [0.05, 0.1) is 5.04 Å². The molecule has 1 unspecified atom stereocenters. The van der Waals surface area contributed by atoms with E-state index in [1.807, 2.05) is 13.0 Å². The Balaban J connectivity index is 1.82. The molecule has 1 atom stereocenters. The number of ether oxygens (including phenoxy) is 1. The van der Waals surface area contributed by atoms with Gasteiger partial charge in [-0.2, -0.15) is 13.2 Å². The third-order valence-electron chi connectivity index (χ3n) is 2.90. The number of rotatable bonds is 2. The van der Waals surface area contributed by atoms with Gasteiger partial charge in [-0.1, -0.05) is 17.8 Å². The van der Waals surface area contributed by atoms with Crippen LogP contribution in [0.15, 0.2) is 28.1 Å². The smallest absolute Gasteiger partial charge is 0.422 e. The summed E-state index contributed by atoms with van der Waals surface area (Å²) in [5, 5.41) is 1.01. The summed E-state index contributed by atoms with van der Waals surface area (Å²) >= 11 is 1.61. The van der Waals surface area contributed by atoms with Gasteiger partial charge in [0, 0.05) is 4.91 Å². The first kappa shape index (κ1) is 12.6. The fourth-order valence-corrected chi connectivity index (χ4v) is 3.14. The summed E-state index contributed by atoms with van der Waals surface area (Å²) in [7, 11) is 0. The molecule has 0 fully saturated rings. The zero-order chi connectivity index (χ0) is 13.6. The van der Waals surface area contributed by atoms with Crippen LogP contribution in [-0.2, 0) is 0 Å². The number of nitrogens with zero attached hydrogens (tertiary/aromatic N) is 1. The monoisotopic (exact) mass is 285 g/mol. The van der Waals surface area contributed by atoms with Crippen molar-refractivity contribution in [2.75, 3.05) is 6.61 Å². The molecule has 1 aromatic rings. The van der Waals surface area contributed by atoms with Crippen molar-refractivity contribution >= 4 is 22.9 Å². The molecule has 1 aliphatic heterocycles. The number of benzene rings is 1. The van der Waals surface area contributed by atoms with E-state index in [2.05, 4.69) is 4.99 Å². The predicted octanol–water partition coefficient (Wildman–Crippen LogP) is 4.19. The van der Waals surface area contributed by atoms with Crippen molar-refractivity contribution < 1.29 is 17.9 Å². The van der Waals surface area contributed by atoms with Gasteiger partial charge in [-0.25, -0.2) is 0 Å². The molecule has 1 aliphatic carbocycles. The molecule has 0 bridgehead atoms. The van der Waals surface area contributed by atoms with Crippen LogP contribution in [-0.4, -0.2) is 17.8 Å². The van der Waals surface area contributed by atoms with Crippen molar-refractivity contribution in [3.05, 3.63) is 34.2 Å². The Kier molecular flexibility index (Phi) is 2.85. The first-order valence-corrected chi connectivity index (χ1v) is 6.51. The SMILES string of the molecule is CC1=NC2C(=Cc3cc(OCC(F)(F)F)ccc32)S1. The summed E-state index contributed by atoms with van der Waals surface area (Å²) in [5.74, 6) is 0.235. The molecule has 2 nitrogen and oxygen atoms in total. The molecular formula is C13H10F3NOS. The van der Waals surface area contributed by atoms with Gasteiger partial charge in [0.1, 0.15) is 11.8 Å². The van der Waals surface area contributed by atoms with E-state index in [-0.39, 0.29) is 11.8 Å². The summed E-state index contributed by atoms with van der Waals surface area (Å²) in [4.78, 5) is 5.62. The molecule has 1 heterocycles. The zero-order valence-corrected chi connectivity index (χ0v) is 10.8. The first-order chi connectivity index (χ1) is 8.92. The third-order valence-corrected chi connectivity index (χ3v) is 3.88. The molecule has 0 aromatic heterocycles. The minimum absolute atomic E-state index is 0.0247. The molecule has 0 N–H and O–H groups in total. The summed E-state index contributed by atoms with van der Waals surface area (Å²) < 4.78 is 41.0. The quantitative estimate of drug-likeness (QED) is 0.812. The maximum atomic E-state index is 12.1. The molecule has 0 saturated heterocycles. The van der Waals surface area contributed by atoms with Crippen molar-refractivity contribution in [1.82, 2.24) is 0 Å². The topological polar surface area (TPSA) is 21.6 Å². The molecule has 3 rings (SSSR count). The van der Waals surface area contributed by atoms with E-state index in [1.165, 1.54) is 0 Å². The van der Waals surface area contributed by atoms with E-state index in [4.69, 9.17) is 4.74 Å². The molecule has 100 valence electrons. The van der Waals surface area contributed by atoms with Crippen molar-refractivity contribution in [2.24, 2.45) is 4.99 Å². The molecule has 1 aromatic carbocycles. The van der Waals surface area contributed by atoms with Crippen molar-refractivity contribution in [3.8, 4) is 5.75 Å². The Bertz CT molecular complexity index is 592. The maximum absolute atomic E-state index is 12.1. The number of aliphatic imine (C=N–C) groups is 1. The van der Waals surface area contributed by atoms with Crippen LogP contribution in [0.25, 0.3) is 6.08 Å². The van der Waals surface area contributed by atoms with Gasteiger partial charge in [0.2, 0.25) is 0 Å². The van der Waals surface area contributed by atoms with Crippen molar-refractivity contribution in [1.29, 1.82) is 0 Å². The number of hydrogen-bond acceptors (Lipinski definition) is 3. The van der Waals surface area contributed by atoms with E-state index in [0.29, 0.717) is 0 Å². The molecule has 2 aliphatic rings. The second-order valence-electron chi connectivity index (χ2n) is 4.39. The Labute approximate surface area is 112 Å². The highest BCUT2D eigenvalue weighted by Gasteiger charge is 2.31. The van der Waals surface area contributed by atoms with Crippen LogP contribution in [0.5, 0.6) is 5.75 Å². The van der Waals surface area contributed by atoms with Crippen LogP contribution >= 0.6 is 11.8 Å².